The van der Waals surface area contributed by atoms with Crippen molar-refractivity contribution in [2.24, 2.45) is 5.92 Å². The number of methoxy groups -OCH3 is 1. The van der Waals surface area contributed by atoms with Crippen LogP contribution in [0.2, 0.25) is 5.02 Å². The van der Waals surface area contributed by atoms with E-state index in [4.69, 9.17) is 26.8 Å². The van der Waals surface area contributed by atoms with E-state index in [9.17, 15) is 4.79 Å². The molecule has 0 spiro atoms. The van der Waals surface area contributed by atoms with E-state index >= 15 is 0 Å². The Balaban J connectivity index is 2.12. The van der Waals surface area contributed by atoms with Gasteiger partial charge < -0.3 is 20.1 Å². The van der Waals surface area contributed by atoms with E-state index < -0.39 is 0 Å². The van der Waals surface area contributed by atoms with Crippen LogP contribution in [0.1, 0.15) is 23.2 Å². The highest BCUT2D eigenvalue weighted by Crippen LogP contribution is 2.30. The summed E-state index contributed by atoms with van der Waals surface area (Å²) in [5.74, 6) is 0.691. The Hall–Kier alpha value is -1.46. The summed E-state index contributed by atoms with van der Waals surface area (Å²) >= 11 is 6.01. The molecule has 0 aliphatic carbocycles. The molecule has 1 unspecified atom stereocenters. The number of amides is 1. The van der Waals surface area contributed by atoms with Gasteiger partial charge in [-0.2, -0.15) is 0 Å². The fraction of sp³-hybridized carbons (Fsp3) is 0.533. The fourth-order valence-corrected chi connectivity index (χ4v) is 2.70. The van der Waals surface area contributed by atoms with E-state index in [1.165, 1.54) is 7.11 Å². The molecule has 5 nitrogen and oxygen atoms in total. The molecule has 6 heteroatoms. The monoisotopic (exact) mass is 312 g/mol. The minimum atomic E-state index is -0.126. The topological polar surface area (TPSA) is 64.8 Å². The summed E-state index contributed by atoms with van der Waals surface area (Å²) in [6.45, 7) is 2.18. The molecule has 1 saturated heterocycles. The summed E-state index contributed by atoms with van der Waals surface area (Å²) < 4.78 is 10.7. The second kappa shape index (κ2) is 7.00. The van der Waals surface area contributed by atoms with Crippen molar-refractivity contribution in [3.05, 3.63) is 22.7 Å². The number of ether oxygens (including phenoxy) is 2. The van der Waals surface area contributed by atoms with E-state index in [0.717, 1.165) is 19.4 Å². The second-order valence-electron chi connectivity index (χ2n) is 5.34. The molecule has 0 aromatic heterocycles. The molecule has 21 heavy (non-hydrogen) atoms. The molecule has 1 heterocycles. The number of nitrogens with two attached hydrogens (primary N) is 1. The predicted molar refractivity (Wildman–Crippen MR) is 82.9 cm³/mol. The van der Waals surface area contributed by atoms with Gasteiger partial charge in [-0.15, -0.1) is 0 Å². The van der Waals surface area contributed by atoms with Crippen LogP contribution in [0.5, 0.6) is 5.75 Å². The van der Waals surface area contributed by atoms with Gasteiger partial charge >= 0.3 is 0 Å². The highest BCUT2D eigenvalue weighted by molar-refractivity contribution is 6.33. The maximum absolute atomic E-state index is 12.6. The molecule has 0 saturated carbocycles. The Morgan fingerprint density at radius 2 is 2.33 bits per heavy atom. The Bertz CT molecular complexity index is 516. The largest absolute Gasteiger partial charge is 0.496 e. The summed E-state index contributed by atoms with van der Waals surface area (Å²) in [6, 6.07) is 3.14. The third-order valence-corrected chi connectivity index (χ3v) is 4.01. The van der Waals surface area contributed by atoms with E-state index in [1.54, 1.807) is 24.1 Å². The molecule has 1 aromatic carbocycles. The van der Waals surface area contributed by atoms with Crippen LogP contribution < -0.4 is 10.5 Å². The van der Waals surface area contributed by atoms with Crippen molar-refractivity contribution in [2.45, 2.75) is 12.8 Å². The van der Waals surface area contributed by atoms with E-state index in [0.29, 0.717) is 41.1 Å². The first-order chi connectivity index (χ1) is 10.0. The summed E-state index contributed by atoms with van der Waals surface area (Å²) in [4.78, 5) is 14.3. The van der Waals surface area contributed by atoms with Gasteiger partial charge in [-0.3, -0.25) is 4.79 Å². The van der Waals surface area contributed by atoms with Crippen molar-refractivity contribution in [3.63, 3.8) is 0 Å². The number of carbonyl (C=O) groups is 1. The van der Waals surface area contributed by atoms with Gasteiger partial charge in [0.05, 0.1) is 30.0 Å². The van der Waals surface area contributed by atoms with Gasteiger partial charge in [0.25, 0.3) is 5.91 Å². The molecule has 0 radical (unpaired) electrons. The molecule has 1 aliphatic rings. The molecule has 2 N–H and O–H groups in total. The van der Waals surface area contributed by atoms with Gasteiger partial charge in [0.2, 0.25) is 0 Å². The zero-order chi connectivity index (χ0) is 15.4. The van der Waals surface area contributed by atoms with Crippen LogP contribution in [0.4, 0.5) is 5.69 Å². The lowest BCUT2D eigenvalue weighted by Crippen LogP contribution is -2.35. The van der Waals surface area contributed by atoms with E-state index in [-0.39, 0.29) is 5.91 Å². The highest BCUT2D eigenvalue weighted by Gasteiger charge is 2.22. The Labute approximate surface area is 130 Å². The fourth-order valence-electron chi connectivity index (χ4n) is 2.53. The molecule has 0 bridgehead atoms. The Morgan fingerprint density at radius 3 is 2.95 bits per heavy atom. The normalized spacial score (nSPS) is 18.3. The van der Waals surface area contributed by atoms with Crippen LogP contribution in [0, 0.1) is 5.92 Å². The average Bonchev–Trinajstić information content (AvgIpc) is 2.49. The molecule has 1 aliphatic heterocycles. The number of nitrogens with zero attached hydrogens (tertiary/aromatic N) is 1. The number of anilines is 1. The van der Waals surface area contributed by atoms with Gasteiger partial charge in [0, 0.05) is 26.3 Å². The smallest absolute Gasteiger partial charge is 0.257 e. The van der Waals surface area contributed by atoms with E-state index in [1.807, 2.05) is 0 Å². The number of benzene rings is 1. The Kier molecular flexibility index (Phi) is 5.31. The van der Waals surface area contributed by atoms with Gasteiger partial charge in [-0.05, 0) is 24.8 Å². The molecule has 2 rings (SSSR count). The lowest BCUT2D eigenvalue weighted by Gasteiger charge is -2.27. The second-order valence-corrected chi connectivity index (χ2v) is 5.75. The van der Waals surface area contributed by atoms with Crippen LogP contribution in [0.3, 0.4) is 0 Å². The highest BCUT2D eigenvalue weighted by atomic mass is 35.5. The van der Waals surface area contributed by atoms with Gasteiger partial charge in [0.15, 0.2) is 0 Å². The maximum atomic E-state index is 12.6. The number of rotatable bonds is 4. The standard InChI is InChI=1S/C15H21ClN2O3/c1-18(8-10-4-3-5-21-9-10)15(19)11-6-12(16)13(17)7-14(11)20-2/h6-7,10H,3-5,8-9,17H2,1-2H3. The molecular weight excluding hydrogens is 292 g/mol. The number of halogens is 1. The lowest BCUT2D eigenvalue weighted by atomic mass is 10.0. The molecule has 1 atom stereocenters. The molecule has 1 aromatic rings. The van der Waals surface area contributed by atoms with Crippen LogP contribution in [-0.4, -0.2) is 44.7 Å². The van der Waals surface area contributed by atoms with Crippen molar-refractivity contribution in [1.29, 1.82) is 0 Å². The number of hydrogen-bond donors (Lipinski definition) is 1. The minimum Gasteiger partial charge on any atom is -0.496 e. The molecule has 1 amide bonds. The number of hydrogen-bond acceptors (Lipinski definition) is 4. The summed E-state index contributed by atoms with van der Waals surface area (Å²) in [5, 5.41) is 0.355. The van der Waals surface area contributed by atoms with Crippen molar-refractivity contribution >= 4 is 23.2 Å². The van der Waals surface area contributed by atoms with Crippen LogP contribution in [-0.2, 0) is 4.74 Å². The van der Waals surface area contributed by atoms with Crippen molar-refractivity contribution in [1.82, 2.24) is 4.90 Å². The average molecular weight is 313 g/mol. The third-order valence-electron chi connectivity index (χ3n) is 3.68. The zero-order valence-electron chi connectivity index (χ0n) is 12.4. The number of carbonyl (C=O) groups excluding carboxylic acids is 1. The SMILES string of the molecule is COc1cc(N)c(Cl)cc1C(=O)N(C)CC1CCCOC1. The lowest BCUT2D eigenvalue weighted by molar-refractivity contribution is 0.0387. The van der Waals surface area contributed by atoms with Crippen LogP contribution in [0.15, 0.2) is 12.1 Å². The predicted octanol–water partition coefficient (Wildman–Crippen LogP) is 2.43. The van der Waals surface area contributed by atoms with Crippen molar-refractivity contribution in [2.75, 3.05) is 39.6 Å². The first-order valence-electron chi connectivity index (χ1n) is 6.99. The Morgan fingerprint density at radius 1 is 1.57 bits per heavy atom. The van der Waals surface area contributed by atoms with Crippen molar-refractivity contribution in [3.8, 4) is 5.75 Å². The molecule has 1 fully saturated rings. The zero-order valence-corrected chi connectivity index (χ0v) is 13.2. The minimum absolute atomic E-state index is 0.126. The first kappa shape index (κ1) is 15.9. The maximum Gasteiger partial charge on any atom is 0.257 e. The van der Waals surface area contributed by atoms with Gasteiger partial charge in [-0.25, -0.2) is 0 Å². The number of nitrogen functional groups attached to an aromatic ring is 1. The quantitative estimate of drug-likeness (QED) is 0.867. The van der Waals surface area contributed by atoms with Gasteiger partial charge in [0.1, 0.15) is 5.75 Å². The summed E-state index contributed by atoms with van der Waals surface area (Å²) in [5.41, 5.74) is 6.56. The van der Waals surface area contributed by atoms with E-state index in [2.05, 4.69) is 0 Å². The van der Waals surface area contributed by atoms with Crippen molar-refractivity contribution < 1.29 is 14.3 Å². The molecular formula is C15H21ClN2O3. The van der Waals surface area contributed by atoms with Crippen LogP contribution in [0.25, 0.3) is 0 Å². The first-order valence-corrected chi connectivity index (χ1v) is 7.37. The molecule has 116 valence electrons. The third kappa shape index (κ3) is 3.80. The van der Waals surface area contributed by atoms with Gasteiger partial charge in [-0.1, -0.05) is 11.6 Å². The summed E-state index contributed by atoms with van der Waals surface area (Å²) in [7, 11) is 3.29. The summed E-state index contributed by atoms with van der Waals surface area (Å²) in [6.07, 6.45) is 2.13. The van der Waals surface area contributed by atoms with Crippen LogP contribution >= 0.6 is 11.6 Å².